The number of likely N-dealkylation sites (N-methyl/N-ethyl adjacent to an activating group) is 1. The number of hydrogen-bond donors (Lipinski definition) is 1. The Hall–Kier alpha value is -0.300. The van der Waals surface area contributed by atoms with E-state index in [1.807, 2.05) is 11.8 Å². The van der Waals surface area contributed by atoms with E-state index >= 15 is 0 Å². The lowest BCUT2D eigenvalue weighted by Crippen LogP contribution is -2.53. The summed E-state index contributed by atoms with van der Waals surface area (Å²) in [4.78, 5) is 13.6. The molecule has 0 aromatic heterocycles. The van der Waals surface area contributed by atoms with Gasteiger partial charge in [-0.2, -0.15) is 11.8 Å². The monoisotopic (exact) mass is 301 g/mol. The maximum Gasteiger partial charge on any atom is 0.310 e. The summed E-state index contributed by atoms with van der Waals surface area (Å²) in [5.41, 5.74) is 0.0417. The molecule has 4 unspecified atom stereocenters. The van der Waals surface area contributed by atoms with Gasteiger partial charge < -0.3 is 14.6 Å². The first kappa shape index (κ1) is 14.6. The molecule has 0 aromatic rings. The average Bonchev–Trinajstić information content (AvgIpc) is 3.07. The summed E-state index contributed by atoms with van der Waals surface area (Å²) in [5.74, 6) is 1.14. The molecule has 3 heterocycles. The van der Waals surface area contributed by atoms with Crippen LogP contribution in [0.4, 0.5) is 0 Å². The van der Waals surface area contributed by atoms with Crippen molar-refractivity contribution in [3.63, 3.8) is 0 Å². The van der Waals surface area contributed by atoms with Crippen LogP contribution in [0.25, 0.3) is 0 Å². The Morgan fingerprint density at radius 3 is 3.00 bits per heavy atom. The molecule has 3 saturated heterocycles. The quantitative estimate of drug-likeness (QED) is 0.841. The zero-order valence-corrected chi connectivity index (χ0v) is 12.7. The van der Waals surface area contributed by atoms with Gasteiger partial charge in [-0.15, -0.1) is 0 Å². The second kappa shape index (κ2) is 5.83. The molecule has 3 fully saturated rings. The number of aliphatic carboxylic acids is 1. The van der Waals surface area contributed by atoms with Gasteiger partial charge >= 0.3 is 5.97 Å². The Kier molecular flexibility index (Phi) is 4.26. The molecule has 0 saturated carbocycles. The van der Waals surface area contributed by atoms with E-state index in [4.69, 9.17) is 9.47 Å². The van der Waals surface area contributed by atoms with Crippen molar-refractivity contribution in [1.29, 1.82) is 0 Å². The predicted octanol–water partition coefficient (Wildman–Crippen LogP) is 1.07. The SMILES string of the molecule is CN(C1CCOC2(CCSC2)C1)C1COCC1C(=O)O. The smallest absolute Gasteiger partial charge is 0.310 e. The lowest BCUT2D eigenvalue weighted by atomic mass is 9.87. The minimum atomic E-state index is -0.738. The van der Waals surface area contributed by atoms with E-state index in [1.54, 1.807) is 0 Å². The summed E-state index contributed by atoms with van der Waals surface area (Å²) in [6.07, 6.45) is 3.15. The molecular weight excluding hydrogens is 278 g/mol. The van der Waals surface area contributed by atoms with Crippen molar-refractivity contribution in [2.45, 2.75) is 36.9 Å². The number of rotatable bonds is 3. The Bertz CT molecular complexity index is 372. The van der Waals surface area contributed by atoms with Gasteiger partial charge in [-0.1, -0.05) is 0 Å². The zero-order valence-electron chi connectivity index (χ0n) is 11.9. The van der Waals surface area contributed by atoms with E-state index < -0.39 is 11.9 Å². The van der Waals surface area contributed by atoms with E-state index in [0.717, 1.165) is 31.6 Å². The molecule has 1 N–H and O–H groups in total. The molecule has 5 nitrogen and oxygen atoms in total. The van der Waals surface area contributed by atoms with Gasteiger partial charge in [0.05, 0.1) is 24.7 Å². The highest BCUT2D eigenvalue weighted by Gasteiger charge is 2.45. The number of carboxylic acid groups (broad SMARTS) is 1. The summed E-state index contributed by atoms with van der Waals surface area (Å²) >= 11 is 1.97. The third-order valence-electron chi connectivity index (χ3n) is 5.00. The summed E-state index contributed by atoms with van der Waals surface area (Å²) in [7, 11) is 2.06. The maximum atomic E-state index is 11.3. The first-order valence-electron chi connectivity index (χ1n) is 7.35. The van der Waals surface area contributed by atoms with Crippen LogP contribution in [0.5, 0.6) is 0 Å². The van der Waals surface area contributed by atoms with Crippen LogP contribution in [-0.4, -0.2) is 72.0 Å². The highest BCUT2D eigenvalue weighted by Crippen LogP contribution is 2.40. The van der Waals surface area contributed by atoms with Crippen LogP contribution in [-0.2, 0) is 14.3 Å². The normalized spacial score (nSPS) is 41.6. The second-order valence-electron chi connectivity index (χ2n) is 6.20. The molecule has 20 heavy (non-hydrogen) atoms. The molecule has 0 aliphatic carbocycles. The minimum absolute atomic E-state index is 0.00158. The summed E-state index contributed by atoms with van der Waals surface area (Å²) in [6, 6.07) is 0.415. The molecule has 1 spiro atoms. The maximum absolute atomic E-state index is 11.3. The van der Waals surface area contributed by atoms with E-state index in [2.05, 4.69) is 11.9 Å². The molecule has 3 rings (SSSR count). The van der Waals surface area contributed by atoms with Crippen molar-refractivity contribution in [1.82, 2.24) is 4.90 Å². The first-order valence-corrected chi connectivity index (χ1v) is 8.51. The van der Waals surface area contributed by atoms with Crippen molar-refractivity contribution in [2.75, 3.05) is 38.4 Å². The standard InChI is InChI=1S/C14H23NO4S/c1-15(12-8-18-7-11(12)13(16)17)10-2-4-19-14(6-10)3-5-20-9-14/h10-12H,2-9H2,1H3,(H,16,17). The number of ether oxygens (including phenoxy) is 2. The molecule has 6 heteroatoms. The van der Waals surface area contributed by atoms with Gasteiger partial charge in [0.15, 0.2) is 0 Å². The first-order chi connectivity index (χ1) is 9.61. The van der Waals surface area contributed by atoms with Gasteiger partial charge in [0.1, 0.15) is 0 Å². The van der Waals surface area contributed by atoms with Crippen LogP contribution in [0.3, 0.4) is 0 Å². The van der Waals surface area contributed by atoms with Crippen molar-refractivity contribution >= 4 is 17.7 Å². The van der Waals surface area contributed by atoms with Crippen molar-refractivity contribution in [3.8, 4) is 0 Å². The number of nitrogens with zero attached hydrogens (tertiary/aromatic N) is 1. The summed E-state index contributed by atoms with van der Waals surface area (Å²) in [5, 5.41) is 9.30. The fourth-order valence-electron chi connectivity index (χ4n) is 3.66. The fraction of sp³-hybridized carbons (Fsp3) is 0.929. The molecule has 0 radical (unpaired) electrons. The van der Waals surface area contributed by atoms with Crippen LogP contribution >= 0.6 is 11.8 Å². The van der Waals surface area contributed by atoms with Gasteiger partial charge in [-0.05, 0) is 32.1 Å². The lowest BCUT2D eigenvalue weighted by Gasteiger charge is -2.43. The molecule has 0 amide bonds. The molecule has 114 valence electrons. The highest BCUT2D eigenvalue weighted by molar-refractivity contribution is 7.99. The van der Waals surface area contributed by atoms with Crippen molar-refractivity contribution < 1.29 is 19.4 Å². The molecule has 3 aliphatic rings. The Balaban J connectivity index is 1.67. The van der Waals surface area contributed by atoms with Gasteiger partial charge in [-0.25, -0.2) is 0 Å². The third-order valence-corrected chi connectivity index (χ3v) is 6.22. The minimum Gasteiger partial charge on any atom is -0.481 e. The average molecular weight is 301 g/mol. The number of carbonyl (C=O) groups is 1. The Morgan fingerprint density at radius 1 is 1.45 bits per heavy atom. The van der Waals surface area contributed by atoms with Gasteiger partial charge in [0.25, 0.3) is 0 Å². The number of hydrogen-bond acceptors (Lipinski definition) is 5. The molecule has 4 atom stereocenters. The van der Waals surface area contributed by atoms with Crippen LogP contribution in [0.2, 0.25) is 0 Å². The Morgan fingerprint density at radius 2 is 2.30 bits per heavy atom. The third kappa shape index (κ3) is 2.71. The molecule has 3 aliphatic heterocycles. The van der Waals surface area contributed by atoms with Crippen LogP contribution < -0.4 is 0 Å². The Labute approximate surface area is 124 Å². The highest BCUT2D eigenvalue weighted by atomic mass is 32.2. The zero-order chi connectivity index (χ0) is 14.2. The van der Waals surface area contributed by atoms with E-state index in [0.29, 0.717) is 19.3 Å². The molecule has 0 aromatic carbocycles. The van der Waals surface area contributed by atoms with Gasteiger partial charge in [0.2, 0.25) is 0 Å². The second-order valence-corrected chi connectivity index (χ2v) is 7.30. The van der Waals surface area contributed by atoms with E-state index in [-0.39, 0.29) is 11.6 Å². The largest absolute Gasteiger partial charge is 0.481 e. The summed E-state index contributed by atoms with van der Waals surface area (Å²) in [6.45, 7) is 1.67. The van der Waals surface area contributed by atoms with Gasteiger partial charge in [0, 0.05) is 24.4 Å². The van der Waals surface area contributed by atoms with Gasteiger partial charge in [-0.3, -0.25) is 9.69 Å². The number of carboxylic acids is 1. The van der Waals surface area contributed by atoms with E-state index in [9.17, 15) is 9.90 Å². The van der Waals surface area contributed by atoms with Crippen molar-refractivity contribution in [3.05, 3.63) is 0 Å². The lowest BCUT2D eigenvalue weighted by molar-refractivity contribution is -0.144. The topological polar surface area (TPSA) is 59.0 Å². The van der Waals surface area contributed by atoms with E-state index in [1.165, 1.54) is 5.75 Å². The van der Waals surface area contributed by atoms with Crippen molar-refractivity contribution in [2.24, 2.45) is 5.92 Å². The number of thioether (sulfide) groups is 1. The summed E-state index contributed by atoms with van der Waals surface area (Å²) < 4.78 is 11.5. The molecular formula is C14H23NO4S. The van der Waals surface area contributed by atoms with Crippen LogP contribution in [0.15, 0.2) is 0 Å². The predicted molar refractivity (Wildman–Crippen MR) is 77.1 cm³/mol. The molecule has 0 bridgehead atoms. The fourth-order valence-corrected chi connectivity index (χ4v) is 5.04. The van der Waals surface area contributed by atoms with Crippen LogP contribution in [0.1, 0.15) is 19.3 Å². The van der Waals surface area contributed by atoms with Crippen LogP contribution in [0, 0.1) is 5.92 Å².